The average Bonchev–Trinajstić information content (AvgIpc) is 3.11. The first-order valence-electron chi connectivity index (χ1n) is 9.93. The molecule has 6 nitrogen and oxygen atoms in total. The van der Waals surface area contributed by atoms with Crippen molar-refractivity contribution in [2.45, 2.75) is 33.9 Å². The third kappa shape index (κ3) is 5.99. The van der Waals surface area contributed by atoms with E-state index in [0.717, 1.165) is 23.4 Å². The molecule has 1 amide bonds. The van der Waals surface area contributed by atoms with Crippen LogP contribution in [0.3, 0.4) is 0 Å². The van der Waals surface area contributed by atoms with E-state index in [1.807, 2.05) is 62.0 Å². The number of carbonyl (C=O) groups is 1. The molecule has 2 heterocycles. The second-order valence-electron chi connectivity index (χ2n) is 8.11. The van der Waals surface area contributed by atoms with E-state index in [9.17, 15) is 4.79 Å². The van der Waals surface area contributed by atoms with E-state index < -0.39 is 0 Å². The Morgan fingerprint density at radius 3 is 2.55 bits per heavy atom. The molecule has 0 saturated heterocycles. The zero-order valence-corrected chi connectivity index (χ0v) is 17.4. The van der Waals surface area contributed by atoms with Gasteiger partial charge in [-0.15, -0.1) is 0 Å². The molecule has 0 bridgehead atoms. The summed E-state index contributed by atoms with van der Waals surface area (Å²) in [5.74, 6) is 0.0611. The molecule has 29 heavy (non-hydrogen) atoms. The number of hydrogen-bond acceptors (Lipinski definition) is 4. The molecule has 0 fully saturated rings. The predicted octanol–water partition coefficient (Wildman–Crippen LogP) is 3.25. The van der Waals surface area contributed by atoms with Crippen LogP contribution in [0.2, 0.25) is 0 Å². The monoisotopic (exact) mass is 391 g/mol. The first-order valence-corrected chi connectivity index (χ1v) is 9.93. The predicted molar refractivity (Wildman–Crippen MR) is 115 cm³/mol. The molecule has 0 atom stereocenters. The average molecular weight is 392 g/mol. The van der Waals surface area contributed by atoms with Crippen molar-refractivity contribution in [2.24, 2.45) is 5.41 Å². The Morgan fingerprint density at radius 2 is 1.86 bits per heavy atom. The van der Waals surface area contributed by atoms with E-state index in [-0.39, 0.29) is 11.3 Å². The highest BCUT2D eigenvalue weighted by Crippen LogP contribution is 2.21. The van der Waals surface area contributed by atoms with Gasteiger partial charge in [-0.25, -0.2) is 0 Å². The first kappa shape index (κ1) is 20.7. The summed E-state index contributed by atoms with van der Waals surface area (Å²) in [6.45, 7) is 8.42. The number of nitrogens with one attached hydrogen (secondary N) is 2. The fraction of sp³-hybridized carbons (Fsp3) is 0.348. The summed E-state index contributed by atoms with van der Waals surface area (Å²) in [6.07, 6.45) is 5.68. The maximum absolute atomic E-state index is 12.0. The Bertz CT molecular complexity index is 913. The molecule has 1 aromatic carbocycles. The van der Waals surface area contributed by atoms with Crippen molar-refractivity contribution >= 4 is 5.91 Å². The maximum Gasteiger partial charge on any atom is 0.225 e. The number of benzene rings is 1. The summed E-state index contributed by atoms with van der Waals surface area (Å²) < 4.78 is 1.97. The zero-order chi connectivity index (χ0) is 20.7. The number of aromatic nitrogens is 3. The van der Waals surface area contributed by atoms with Gasteiger partial charge in [0.15, 0.2) is 0 Å². The number of carbonyl (C=O) groups excluding carboxylic acids is 1. The minimum atomic E-state index is -0.369. The summed E-state index contributed by atoms with van der Waals surface area (Å²) in [7, 11) is 0. The van der Waals surface area contributed by atoms with Gasteiger partial charge in [-0.3, -0.25) is 14.5 Å². The van der Waals surface area contributed by atoms with Gasteiger partial charge in [0.05, 0.1) is 12.2 Å². The normalized spacial score (nSPS) is 11.4. The zero-order valence-electron chi connectivity index (χ0n) is 17.4. The van der Waals surface area contributed by atoms with Crippen LogP contribution in [0.25, 0.3) is 11.3 Å². The largest absolute Gasteiger partial charge is 0.354 e. The van der Waals surface area contributed by atoms with Gasteiger partial charge < -0.3 is 10.6 Å². The van der Waals surface area contributed by atoms with Gasteiger partial charge >= 0.3 is 0 Å². The molecular weight excluding hydrogens is 362 g/mol. The molecule has 3 rings (SSSR count). The lowest BCUT2D eigenvalue weighted by atomic mass is 9.96. The van der Waals surface area contributed by atoms with Gasteiger partial charge in [0, 0.05) is 54.8 Å². The fourth-order valence-electron chi connectivity index (χ4n) is 2.94. The summed E-state index contributed by atoms with van der Waals surface area (Å²) in [5, 5.41) is 11.2. The SMILES string of the molecule is CC(C)(C)C(=O)NCCNCc1cn(Cc2ccccc2)nc1-c1cccnc1. The lowest BCUT2D eigenvalue weighted by molar-refractivity contribution is -0.128. The van der Waals surface area contributed by atoms with Crippen molar-refractivity contribution in [3.05, 3.63) is 72.2 Å². The Labute approximate surface area is 172 Å². The summed E-state index contributed by atoms with van der Waals surface area (Å²) in [5.41, 5.74) is 3.87. The van der Waals surface area contributed by atoms with Crippen LogP contribution in [0.4, 0.5) is 0 Å². The molecular formula is C23H29N5O. The van der Waals surface area contributed by atoms with Crippen molar-refractivity contribution in [1.29, 1.82) is 0 Å². The quantitative estimate of drug-likeness (QED) is 0.578. The van der Waals surface area contributed by atoms with Crippen LogP contribution in [0.15, 0.2) is 61.1 Å². The van der Waals surface area contributed by atoms with Crippen molar-refractivity contribution < 1.29 is 4.79 Å². The van der Waals surface area contributed by atoms with E-state index in [4.69, 9.17) is 5.10 Å². The van der Waals surface area contributed by atoms with Gasteiger partial charge in [-0.2, -0.15) is 5.10 Å². The first-order chi connectivity index (χ1) is 13.9. The molecule has 0 aliphatic carbocycles. The van der Waals surface area contributed by atoms with E-state index >= 15 is 0 Å². The molecule has 0 unspecified atom stereocenters. The molecule has 0 aliphatic rings. The van der Waals surface area contributed by atoms with Gasteiger partial charge in [-0.05, 0) is 17.7 Å². The highest BCUT2D eigenvalue weighted by molar-refractivity contribution is 5.81. The lowest BCUT2D eigenvalue weighted by Crippen LogP contribution is -2.38. The highest BCUT2D eigenvalue weighted by Gasteiger charge is 2.20. The second-order valence-corrected chi connectivity index (χ2v) is 8.11. The van der Waals surface area contributed by atoms with Crippen LogP contribution in [0.5, 0.6) is 0 Å². The van der Waals surface area contributed by atoms with Crippen molar-refractivity contribution in [3.63, 3.8) is 0 Å². The molecule has 0 spiro atoms. The molecule has 2 N–H and O–H groups in total. The van der Waals surface area contributed by atoms with Crippen LogP contribution in [0.1, 0.15) is 31.9 Å². The van der Waals surface area contributed by atoms with Crippen LogP contribution in [-0.2, 0) is 17.9 Å². The molecule has 0 aliphatic heterocycles. The summed E-state index contributed by atoms with van der Waals surface area (Å²) in [4.78, 5) is 16.2. The van der Waals surface area contributed by atoms with Crippen LogP contribution in [-0.4, -0.2) is 33.8 Å². The summed E-state index contributed by atoms with van der Waals surface area (Å²) >= 11 is 0. The third-order valence-electron chi connectivity index (χ3n) is 4.54. The Hall–Kier alpha value is -2.99. The Kier molecular flexibility index (Phi) is 6.77. The van der Waals surface area contributed by atoms with Gasteiger partial charge in [0.1, 0.15) is 0 Å². The van der Waals surface area contributed by atoms with Crippen LogP contribution >= 0.6 is 0 Å². The van der Waals surface area contributed by atoms with Gasteiger partial charge in [-0.1, -0.05) is 51.1 Å². The molecule has 0 radical (unpaired) electrons. The van der Waals surface area contributed by atoms with Crippen molar-refractivity contribution in [1.82, 2.24) is 25.4 Å². The van der Waals surface area contributed by atoms with Crippen LogP contribution < -0.4 is 10.6 Å². The summed E-state index contributed by atoms with van der Waals surface area (Å²) in [6, 6.07) is 14.2. The van der Waals surface area contributed by atoms with Gasteiger partial charge in [0.25, 0.3) is 0 Å². The minimum Gasteiger partial charge on any atom is -0.354 e. The molecule has 3 aromatic rings. The van der Waals surface area contributed by atoms with E-state index in [2.05, 4.69) is 33.9 Å². The topological polar surface area (TPSA) is 71.8 Å². The molecule has 2 aromatic heterocycles. The van der Waals surface area contributed by atoms with E-state index in [1.165, 1.54) is 5.56 Å². The van der Waals surface area contributed by atoms with Crippen molar-refractivity contribution in [2.75, 3.05) is 13.1 Å². The molecule has 0 saturated carbocycles. The van der Waals surface area contributed by atoms with Gasteiger partial charge in [0.2, 0.25) is 5.91 Å². The minimum absolute atomic E-state index is 0.0611. The Morgan fingerprint density at radius 1 is 1.07 bits per heavy atom. The van der Waals surface area contributed by atoms with E-state index in [0.29, 0.717) is 19.6 Å². The smallest absolute Gasteiger partial charge is 0.225 e. The highest BCUT2D eigenvalue weighted by atomic mass is 16.2. The Balaban J connectivity index is 1.65. The number of pyridine rings is 1. The standard InChI is InChI=1S/C23H29N5O/c1-23(2,3)22(29)26-13-12-25-15-20-17-28(16-18-8-5-4-6-9-18)27-21(20)19-10-7-11-24-14-19/h4-11,14,17,25H,12-13,15-16H2,1-3H3,(H,26,29). The lowest BCUT2D eigenvalue weighted by Gasteiger charge is -2.17. The fourth-order valence-corrected chi connectivity index (χ4v) is 2.94. The number of nitrogens with zero attached hydrogens (tertiary/aromatic N) is 3. The van der Waals surface area contributed by atoms with Crippen LogP contribution in [0, 0.1) is 5.41 Å². The maximum atomic E-state index is 12.0. The number of rotatable bonds is 8. The van der Waals surface area contributed by atoms with E-state index in [1.54, 1.807) is 6.20 Å². The molecule has 152 valence electrons. The number of amides is 1. The molecule has 6 heteroatoms. The second kappa shape index (κ2) is 9.47. The third-order valence-corrected chi connectivity index (χ3v) is 4.54. The van der Waals surface area contributed by atoms with Crippen molar-refractivity contribution in [3.8, 4) is 11.3 Å². The number of hydrogen-bond donors (Lipinski definition) is 2.